The van der Waals surface area contributed by atoms with E-state index in [2.05, 4.69) is 6.92 Å². The molecule has 0 aromatic heterocycles. The third-order valence-corrected chi connectivity index (χ3v) is 3.38. The minimum absolute atomic E-state index is 0.422. The van der Waals surface area contributed by atoms with Crippen LogP contribution >= 0.6 is 11.6 Å². The highest BCUT2D eigenvalue weighted by Gasteiger charge is 2.15. The van der Waals surface area contributed by atoms with E-state index < -0.39 is 0 Å². The highest BCUT2D eigenvalue weighted by atomic mass is 35.5. The van der Waals surface area contributed by atoms with E-state index in [1.165, 1.54) is 0 Å². The van der Waals surface area contributed by atoms with Crippen molar-refractivity contribution in [1.82, 2.24) is 0 Å². The molecule has 0 aliphatic heterocycles. The fourth-order valence-electron chi connectivity index (χ4n) is 1.82. The number of phenolic OH excluding ortho intramolecular Hbond substituents is 1. The van der Waals surface area contributed by atoms with Crippen molar-refractivity contribution in [3.05, 3.63) is 27.3 Å². The molecule has 0 bridgehead atoms. The van der Waals surface area contributed by atoms with Crippen LogP contribution in [0.25, 0.3) is 0 Å². The predicted octanol–water partition coefficient (Wildman–Crippen LogP) is 3.79. The van der Waals surface area contributed by atoms with Crippen molar-refractivity contribution in [2.45, 2.75) is 40.5 Å². The number of halogens is 1. The summed E-state index contributed by atoms with van der Waals surface area (Å²) >= 11 is 6.24. The van der Waals surface area contributed by atoms with Gasteiger partial charge in [-0.15, -0.1) is 0 Å². The van der Waals surface area contributed by atoms with Gasteiger partial charge in [-0.1, -0.05) is 25.4 Å². The lowest BCUT2D eigenvalue weighted by atomic mass is 9.95. The smallest absolute Gasteiger partial charge is 0.122 e. The summed E-state index contributed by atoms with van der Waals surface area (Å²) in [5.41, 5.74) is 4.00. The van der Waals surface area contributed by atoms with E-state index in [1.54, 1.807) is 0 Å². The third kappa shape index (κ3) is 1.61. The minimum Gasteiger partial charge on any atom is -0.507 e. The Bertz CT molecular complexity index is 321. The lowest BCUT2D eigenvalue weighted by molar-refractivity contribution is 0.463. The Balaban J connectivity index is 3.57. The molecule has 1 aromatic rings. The Hall–Kier alpha value is -0.690. The minimum atomic E-state index is 0.422. The topological polar surface area (TPSA) is 20.2 Å². The molecule has 14 heavy (non-hydrogen) atoms. The van der Waals surface area contributed by atoms with Crippen LogP contribution in [0.2, 0.25) is 5.02 Å². The van der Waals surface area contributed by atoms with Crippen LogP contribution in [-0.2, 0) is 12.8 Å². The van der Waals surface area contributed by atoms with Crippen molar-refractivity contribution in [3.63, 3.8) is 0 Å². The molecule has 0 unspecified atom stereocenters. The number of aromatic hydroxyl groups is 1. The summed E-state index contributed by atoms with van der Waals surface area (Å²) in [5.74, 6) is 0.422. The SMILES string of the molecule is CCc1c(O)c(C)c(C)c(Cl)c1CC. The maximum absolute atomic E-state index is 9.96. The Morgan fingerprint density at radius 3 is 1.93 bits per heavy atom. The summed E-state index contributed by atoms with van der Waals surface area (Å²) in [4.78, 5) is 0. The quantitative estimate of drug-likeness (QED) is 0.791. The van der Waals surface area contributed by atoms with Gasteiger partial charge >= 0.3 is 0 Å². The van der Waals surface area contributed by atoms with E-state index in [9.17, 15) is 5.11 Å². The first-order valence-corrected chi connectivity index (χ1v) is 5.41. The molecule has 0 heterocycles. The second-order valence-corrected chi connectivity index (χ2v) is 3.95. The zero-order chi connectivity index (χ0) is 10.9. The Morgan fingerprint density at radius 1 is 1.00 bits per heavy atom. The Kier molecular flexibility index (Phi) is 3.43. The monoisotopic (exact) mass is 212 g/mol. The van der Waals surface area contributed by atoms with Crippen LogP contribution in [-0.4, -0.2) is 5.11 Å². The summed E-state index contributed by atoms with van der Waals surface area (Å²) in [7, 11) is 0. The fourth-order valence-corrected chi connectivity index (χ4v) is 2.21. The van der Waals surface area contributed by atoms with Crippen molar-refractivity contribution in [1.29, 1.82) is 0 Å². The van der Waals surface area contributed by atoms with Gasteiger partial charge in [0.05, 0.1) is 0 Å². The molecular formula is C12H17ClO. The van der Waals surface area contributed by atoms with Crippen LogP contribution in [0.5, 0.6) is 5.75 Å². The van der Waals surface area contributed by atoms with Gasteiger partial charge in [0.1, 0.15) is 5.75 Å². The highest BCUT2D eigenvalue weighted by Crippen LogP contribution is 2.35. The van der Waals surface area contributed by atoms with Crippen molar-refractivity contribution >= 4 is 11.6 Å². The average molecular weight is 213 g/mol. The second-order valence-electron chi connectivity index (χ2n) is 3.58. The van der Waals surface area contributed by atoms with Gasteiger partial charge < -0.3 is 5.11 Å². The fraction of sp³-hybridized carbons (Fsp3) is 0.500. The molecule has 1 rings (SSSR count). The second kappa shape index (κ2) is 4.22. The largest absolute Gasteiger partial charge is 0.507 e. The molecule has 2 heteroatoms. The molecule has 0 saturated carbocycles. The summed E-state index contributed by atoms with van der Waals surface area (Å²) < 4.78 is 0. The molecule has 0 amide bonds. The number of rotatable bonds is 2. The van der Waals surface area contributed by atoms with Crippen molar-refractivity contribution < 1.29 is 5.11 Å². The zero-order valence-electron chi connectivity index (χ0n) is 9.24. The molecule has 0 aliphatic carbocycles. The molecule has 0 aliphatic rings. The molecule has 0 radical (unpaired) electrons. The van der Waals surface area contributed by atoms with Gasteiger partial charge in [-0.2, -0.15) is 0 Å². The first kappa shape index (κ1) is 11.4. The maximum atomic E-state index is 9.96. The number of phenols is 1. The van der Waals surface area contributed by atoms with Crippen LogP contribution < -0.4 is 0 Å². The molecule has 1 aromatic carbocycles. The maximum Gasteiger partial charge on any atom is 0.122 e. The van der Waals surface area contributed by atoms with Gasteiger partial charge in [-0.25, -0.2) is 0 Å². The lowest BCUT2D eigenvalue weighted by Gasteiger charge is -2.16. The van der Waals surface area contributed by atoms with Gasteiger partial charge in [0.15, 0.2) is 0 Å². The van der Waals surface area contributed by atoms with Gasteiger partial charge in [-0.05, 0) is 48.9 Å². The molecule has 0 saturated heterocycles. The summed E-state index contributed by atoms with van der Waals surface area (Å²) in [6.45, 7) is 7.97. The number of benzene rings is 1. The van der Waals surface area contributed by atoms with Crippen LogP contribution in [0.3, 0.4) is 0 Å². The van der Waals surface area contributed by atoms with Gasteiger partial charge in [0.2, 0.25) is 0 Å². The van der Waals surface area contributed by atoms with Crippen LogP contribution in [0, 0.1) is 13.8 Å². The van der Waals surface area contributed by atoms with E-state index in [-0.39, 0.29) is 0 Å². The van der Waals surface area contributed by atoms with Crippen molar-refractivity contribution in [2.24, 2.45) is 0 Å². The highest BCUT2D eigenvalue weighted by molar-refractivity contribution is 6.32. The summed E-state index contributed by atoms with van der Waals surface area (Å²) in [6.07, 6.45) is 1.70. The normalized spacial score (nSPS) is 10.6. The predicted molar refractivity (Wildman–Crippen MR) is 61.3 cm³/mol. The van der Waals surface area contributed by atoms with Crippen molar-refractivity contribution in [3.8, 4) is 5.75 Å². The van der Waals surface area contributed by atoms with Gasteiger partial charge in [-0.3, -0.25) is 0 Å². The average Bonchev–Trinajstić information content (AvgIpc) is 2.20. The van der Waals surface area contributed by atoms with E-state index in [4.69, 9.17) is 11.6 Å². The molecule has 0 atom stereocenters. The lowest BCUT2D eigenvalue weighted by Crippen LogP contribution is -1.98. The van der Waals surface area contributed by atoms with Crippen LogP contribution in [0.15, 0.2) is 0 Å². The molecule has 78 valence electrons. The standard InChI is InChI=1S/C12H17ClO/c1-5-9-10(6-2)12(14)8(4)7(3)11(9)13/h14H,5-6H2,1-4H3. The zero-order valence-corrected chi connectivity index (χ0v) is 10.00. The molecule has 0 spiro atoms. The third-order valence-electron chi connectivity index (χ3n) is 2.87. The van der Waals surface area contributed by atoms with E-state index in [0.29, 0.717) is 5.75 Å². The van der Waals surface area contributed by atoms with E-state index in [0.717, 1.165) is 40.1 Å². The van der Waals surface area contributed by atoms with Crippen LogP contribution in [0.4, 0.5) is 0 Å². The van der Waals surface area contributed by atoms with E-state index >= 15 is 0 Å². The number of hydrogen-bond donors (Lipinski definition) is 1. The van der Waals surface area contributed by atoms with Gasteiger partial charge in [0, 0.05) is 5.02 Å². The van der Waals surface area contributed by atoms with E-state index in [1.807, 2.05) is 20.8 Å². The Morgan fingerprint density at radius 2 is 1.50 bits per heavy atom. The Labute approximate surface area is 90.7 Å². The molecule has 1 nitrogen and oxygen atoms in total. The summed E-state index contributed by atoms with van der Waals surface area (Å²) in [6, 6.07) is 0. The number of hydrogen-bond acceptors (Lipinski definition) is 1. The molecular weight excluding hydrogens is 196 g/mol. The van der Waals surface area contributed by atoms with Gasteiger partial charge in [0.25, 0.3) is 0 Å². The molecule has 0 fully saturated rings. The first-order chi connectivity index (χ1) is 6.54. The molecule has 1 N–H and O–H groups in total. The summed E-state index contributed by atoms with van der Waals surface area (Å²) in [5, 5.41) is 10.8. The van der Waals surface area contributed by atoms with Crippen LogP contribution in [0.1, 0.15) is 36.1 Å². The first-order valence-electron chi connectivity index (χ1n) is 5.03. The van der Waals surface area contributed by atoms with Crippen molar-refractivity contribution in [2.75, 3.05) is 0 Å².